The zero-order chi connectivity index (χ0) is 15.4. The Hall–Kier alpha value is -2.07. The molecule has 0 aliphatic carbocycles. The lowest BCUT2D eigenvalue weighted by Crippen LogP contribution is -2.49. The standard InChI is InChI=1S/C17H18ClN3O/c18-15-5-3-4-14(12-15)13-17(22)21-10-8-20(9-11-21)16-6-1-2-7-19-16/h1-7,12H,8-11,13H2. The summed E-state index contributed by atoms with van der Waals surface area (Å²) < 4.78 is 0. The van der Waals surface area contributed by atoms with E-state index in [0.29, 0.717) is 11.4 Å². The lowest BCUT2D eigenvalue weighted by molar-refractivity contribution is -0.130. The monoisotopic (exact) mass is 315 g/mol. The van der Waals surface area contributed by atoms with Gasteiger partial charge in [-0.1, -0.05) is 29.8 Å². The summed E-state index contributed by atoms with van der Waals surface area (Å²) in [5, 5.41) is 0.672. The molecule has 1 saturated heterocycles. The van der Waals surface area contributed by atoms with E-state index in [2.05, 4.69) is 9.88 Å². The summed E-state index contributed by atoms with van der Waals surface area (Å²) in [4.78, 5) is 20.9. The van der Waals surface area contributed by atoms with Crippen LogP contribution >= 0.6 is 11.6 Å². The maximum atomic E-state index is 12.4. The van der Waals surface area contributed by atoms with Gasteiger partial charge in [0.05, 0.1) is 6.42 Å². The molecule has 0 spiro atoms. The van der Waals surface area contributed by atoms with Gasteiger partial charge < -0.3 is 9.80 Å². The van der Waals surface area contributed by atoms with Crippen LogP contribution in [0, 0.1) is 0 Å². The molecule has 114 valence electrons. The minimum Gasteiger partial charge on any atom is -0.353 e. The molecule has 2 heterocycles. The Morgan fingerprint density at radius 3 is 2.59 bits per heavy atom. The predicted molar refractivity (Wildman–Crippen MR) is 88.2 cm³/mol. The number of amides is 1. The van der Waals surface area contributed by atoms with Crippen LogP contribution in [-0.2, 0) is 11.2 Å². The Kier molecular flexibility index (Phi) is 4.59. The second kappa shape index (κ2) is 6.79. The smallest absolute Gasteiger partial charge is 0.227 e. The van der Waals surface area contributed by atoms with Crippen LogP contribution in [-0.4, -0.2) is 42.0 Å². The molecule has 5 heteroatoms. The normalized spacial score (nSPS) is 15.0. The van der Waals surface area contributed by atoms with E-state index in [1.807, 2.05) is 47.4 Å². The number of aromatic nitrogens is 1. The second-order valence-corrected chi connectivity index (χ2v) is 5.80. The number of nitrogens with zero attached hydrogens (tertiary/aromatic N) is 3. The highest BCUT2D eigenvalue weighted by molar-refractivity contribution is 6.30. The Morgan fingerprint density at radius 2 is 1.91 bits per heavy atom. The fourth-order valence-electron chi connectivity index (χ4n) is 2.66. The van der Waals surface area contributed by atoms with Crippen LogP contribution in [0.2, 0.25) is 5.02 Å². The van der Waals surface area contributed by atoms with Gasteiger partial charge in [0.2, 0.25) is 5.91 Å². The lowest BCUT2D eigenvalue weighted by atomic mass is 10.1. The fourth-order valence-corrected chi connectivity index (χ4v) is 2.87. The van der Waals surface area contributed by atoms with E-state index in [-0.39, 0.29) is 5.91 Å². The van der Waals surface area contributed by atoms with Crippen LogP contribution in [0.3, 0.4) is 0 Å². The molecule has 22 heavy (non-hydrogen) atoms. The number of piperazine rings is 1. The van der Waals surface area contributed by atoms with Crippen molar-refractivity contribution in [1.29, 1.82) is 0 Å². The number of halogens is 1. The van der Waals surface area contributed by atoms with Crippen LogP contribution in [0.1, 0.15) is 5.56 Å². The first-order valence-corrected chi connectivity index (χ1v) is 7.78. The molecule has 1 aliphatic heterocycles. The molecule has 1 fully saturated rings. The van der Waals surface area contributed by atoms with Crippen LogP contribution in [0.5, 0.6) is 0 Å². The molecule has 0 N–H and O–H groups in total. The van der Waals surface area contributed by atoms with Crippen molar-refractivity contribution in [2.24, 2.45) is 0 Å². The number of anilines is 1. The van der Waals surface area contributed by atoms with Gasteiger partial charge in [-0.05, 0) is 29.8 Å². The lowest BCUT2D eigenvalue weighted by Gasteiger charge is -2.35. The van der Waals surface area contributed by atoms with Crippen molar-refractivity contribution in [3.05, 3.63) is 59.2 Å². The fraction of sp³-hybridized carbons (Fsp3) is 0.294. The van der Waals surface area contributed by atoms with Crippen LogP contribution < -0.4 is 4.90 Å². The molecule has 0 saturated carbocycles. The molecule has 3 rings (SSSR count). The van der Waals surface area contributed by atoms with Gasteiger partial charge >= 0.3 is 0 Å². The van der Waals surface area contributed by atoms with E-state index < -0.39 is 0 Å². The van der Waals surface area contributed by atoms with Gasteiger partial charge in [0, 0.05) is 37.4 Å². The molecule has 1 amide bonds. The Bertz CT molecular complexity index is 639. The van der Waals surface area contributed by atoms with E-state index >= 15 is 0 Å². The maximum absolute atomic E-state index is 12.4. The van der Waals surface area contributed by atoms with Crippen LogP contribution in [0.15, 0.2) is 48.7 Å². The van der Waals surface area contributed by atoms with Crippen molar-refractivity contribution in [2.45, 2.75) is 6.42 Å². The van der Waals surface area contributed by atoms with Gasteiger partial charge in [-0.25, -0.2) is 4.98 Å². The maximum Gasteiger partial charge on any atom is 0.227 e. The van der Waals surface area contributed by atoms with Crippen molar-refractivity contribution in [3.63, 3.8) is 0 Å². The third kappa shape index (κ3) is 3.57. The minimum atomic E-state index is 0.155. The molecule has 2 aromatic rings. The third-order valence-corrected chi connectivity index (χ3v) is 4.09. The number of hydrogen-bond acceptors (Lipinski definition) is 3. The van der Waals surface area contributed by atoms with E-state index in [0.717, 1.165) is 37.6 Å². The Balaban J connectivity index is 1.56. The minimum absolute atomic E-state index is 0.155. The van der Waals surface area contributed by atoms with Crippen molar-refractivity contribution in [3.8, 4) is 0 Å². The summed E-state index contributed by atoms with van der Waals surface area (Å²) in [6.45, 7) is 3.10. The average Bonchev–Trinajstić information content (AvgIpc) is 2.56. The first kappa shape index (κ1) is 14.9. The van der Waals surface area contributed by atoms with E-state index in [4.69, 9.17) is 11.6 Å². The number of hydrogen-bond donors (Lipinski definition) is 0. The van der Waals surface area contributed by atoms with Crippen molar-refractivity contribution in [2.75, 3.05) is 31.1 Å². The molecule has 1 aliphatic rings. The van der Waals surface area contributed by atoms with Gasteiger partial charge in [0.15, 0.2) is 0 Å². The number of pyridine rings is 1. The van der Waals surface area contributed by atoms with Crippen LogP contribution in [0.4, 0.5) is 5.82 Å². The molecule has 1 aromatic carbocycles. The predicted octanol–water partition coefficient (Wildman–Crippen LogP) is 2.63. The summed E-state index contributed by atoms with van der Waals surface area (Å²) in [5.41, 5.74) is 0.963. The average molecular weight is 316 g/mol. The van der Waals surface area contributed by atoms with Crippen LogP contribution in [0.25, 0.3) is 0 Å². The van der Waals surface area contributed by atoms with E-state index in [1.54, 1.807) is 6.20 Å². The van der Waals surface area contributed by atoms with Gasteiger partial charge in [-0.3, -0.25) is 4.79 Å². The van der Waals surface area contributed by atoms with Gasteiger partial charge in [0.25, 0.3) is 0 Å². The SMILES string of the molecule is O=C(Cc1cccc(Cl)c1)N1CCN(c2ccccn2)CC1. The summed E-state index contributed by atoms with van der Waals surface area (Å²) in [6, 6.07) is 13.4. The second-order valence-electron chi connectivity index (χ2n) is 5.36. The zero-order valence-corrected chi connectivity index (χ0v) is 13.0. The van der Waals surface area contributed by atoms with Crippen molar-refractivity contribution < 1.29 is 4.79 Å². The molecule has 0 radical (unpaired) electrons. The Morgan fingerprint density at radius 1 is 1.09 bits per heavy atom. The van der Waals surface area contributed by atoms with Gasteiger partial charge in [-0.2, -0.15) is 0 Å². The molecular formula is C17H18ClN3O. The van der Waals surface area contributed by atoms with E-state index in [1.165, 1.54) is 0 Å². The number of carbonyl (C=O) groups excluding carboxylic acids is 1. The first-order valence-electron chi connectivity index (χ1n) is 7.40. The molecule has 1 aromatic heterocycles. The quantitative estimate of drug-likeness (QED) is 0.873. The number of benzene rings is 1. The number of carbonyl (C=O) groups is 1. The molecular weight excluding hydrogens is 298 g/mol. The molecule has 0 bridgehead atoms. The highest BCUT2D eigenvalue weighted by Gasteiger charge is 2.21. The highest BCUT2D eigenvalue weighted by Crippen LogP contribution is 2.15. The Labute approximate surface area is 135 Å². The van der Waals surface area contributed by atoms with Crippen molar-refractivity contribution in [1.82, 2.24) is 9.88 Å². The summed E-state index contributed by atoms with van der Waals surface area (Å²) in [6.07, 6.45) is 2.20. The summed E-state index contributed by atoms with van der Waals surface area (Å²) in [5.74, 6) is 1.13. The van der Waals surface area contributed by atoms with E-state index in [9.17, 15) is 4.79 Å². The largest absolute Gasteiger partial charge is 0.353 e. The van der Waals surface area contributed by atoms with Gasteiger partial charge in [0.1, 0.15) is 5.82 Å². The molecule has 0 atom stereocenters. The van der Waals surface area contributed by atoms with Crippen molar-refractivity contribution >= 4 is 23.3 Å². The highest BCUT2D eigenvalue weighted by atomic mass is 35.5. The third-order valence-electron chi connectivity index (χ3n) is 3.85. The molecule has 4 nitrogen and oxygen atoms in total. The first-order chi connectivity index (χ1) is 10.7. The zero-order valence-electron chi connectivity index (χ0n) is 12.3. The topological polar surface area (TPSA) is 36.4 Å². The summed E-state index contributed by atoms with van der Waals surface area (Å²) >= 11 is 5.96. The summed E-state index contributed by atoms with van der Waals surface area (Å²) in [7, 11) is 0. The number of rotatable bonds is 3. The van der Waals surface area contributed by atoms with Gasteiger partial charge in [-0.15, -0.1) is 0 Å². The molecule has 0 unspecified atom stereocenters.